The first-order valence-corrected chi connectivity index (χ1v) is 5.16. The summed E-state index contributed by atoms with van der Waals surface area (Å²) in [6.45, 7) is 2.75. The number of nitrogens with one attached hydrogen (secondary N) is 1. The summed E-state index contributed by atoms with van der Waals surface area (Å²) in [5.74, 6) is -0.233. The van der Waals surface area contributed by atoms with E-state index in [0.717, 1.165) is 23.5 Å². The van der Waals surface area contributed by atoms with Crippen molar-refractivity contribution in [3.8, 4) is 5.69 Å². The van der Waals surface area contributed by atoms with Gasteiger partial charge in [-0.3, -0.25) is 0 Å². The normalized spacial score (nSPS) is 10.7. The number of rotatable bonds is 3. The van der Waals surface area contributed by atoms with Crippen LogP contribution in [-0.4, -0.2) is 16.8 Å². The monoisotopic (exact) mass is 219 g/mol. The summed E-state index contributed by atoms with van der Waals surface area (Å²) in [5.41, 5.74) is 3.00. The van der Waals surface area contributed by atoms with Crippen molar-refractivity contribution in [2.24, 2.45) is 0 Å². The Labute approximate surface area is 93.9 Å². The zero-order valence-electron chi connectivity index (χ0n) is 9.37. The van der Waals surface area contributed by atoms with E-state index >= 15 is 0 Å². The molecule has 16 heavy (non-hydrogen) atoms. The first kappa shape index (κ1) is 10.8. The molecule has 0 atom stereocenters. The highest BCUT2D eigenvalue weighted by Gasteiger charge is 2.05. The van der Waals surface area contributed by atoms with E-state index in [4.69, 9.17) is 0 Å². The number of halogens is 1. The highest BCUT2D eigenvalue weighted by atomic mass is 19.1. The summed E-state index contributed by atoms with van der Waals surface area (Å²) in [6, 6.07) is 6.30. The molecule has 1 heterocycles. The molecule has 0 saturated carbocycles. The van der Waals surface area contributed by atoms with Gasteiger partial charge in [0.1, 0.15) is 5.82 Å². The first-order chi connectivity index (χ1) is 7.70. The van der Waals surface area contributed by atoms with Crippen molar-refractivity contribution in [3.63, 3.8) is 0 Å². The van der Waals surface area contributed by atoms with Gasteiger partial charge in [-0.05, 0) is 38.2 Å². The lowest BCUT2D eigenvalue weighted by atomic mass is 10.2. The molecule has 1 aromatic heterocycles. The molecule has 0 radical (unpaired) electrons. The second-order valence-electron chi connectivity index (χ2n) is 3.69. The van der Waals surface area contributed by atoms with E-state index in [1.807, 2.05) is 20.2 Å². The van der Waals surface area contributed by atoms with Crippen LogP contribution in [0, 0.1) is 12.7 Å². The van der Waals surface area contributed by atoms with Crippen molar-refractivity contribution in [2.45, 2.75) is 13.5 Å². The molecule has 2 aromatic rings. The highest BCUT2D eigenvalue weighted by molar-refractivity contribution is 5.32. The molecule has 0 spiro atoms. The Kier molecular flexibility index (Phi) is 3.01. The molecule has 4 heteroatoms. The van der Waals surface area contributed by atoms with Gasteiger partial charge in [-0.1, -0.05) is 0 Å². The Hall–Kier alpha value is -1.68. The minimum Gasteiger partial charge on any atom is -0.316 e. The first-order valence-electron chi connectivity index (χ1n) is 5.16. The van der Waals surface area contributed by atoms with Gasteiger partial charge >= 0.3 is 0 Å². The molecule has 0 unspecified atom stereocenters. The molecule has 0 aliphatic rings. The number of aryl methyl sites for hydroxylation is 1. The van der Waals surface area contributed by atoms with Crippen molar-refractivity contribution in [1.29, 1.82) is 0 Å². The third-order valence-corrected chi connectivity index (χ3v) is 2.46. The summed E-state index contributed by atoms with van der Waals surface area (Å²) in [5, 5.41) is 7.47. The van der Waals surface area contributed by atoms with Crippen LogP contribution in [0.25, 0.3) is 5.69 Å². The van der Waals surface area contributed by atoms with Crippen molar-refractivity contribution in [1.82, 2.24) is 15.1 Å². The van der Waals surface area contributed by atoms with Gasteiger partial charge in [0.25, 0.3) is 0 Å². The zero-order valence-corrected chi connectivity index (χ0v) is 9.37. The Balaban J connectivity index is 2.33. The SMILES string of the molecule is CNCc1cn(-c2ccc(F)cc2)nc1C. The van der Waals surface area contributed by atoms with Crippen molar-refractivity contribution in [2.75, 3.05) is 7.05 Å². The number of hydrogen-bond donors (Lipinski definition) is 1. The molecule has 3 nitrogen and oxygen atoms in total. The smallest absolute Gasteiger partial charge is 0.123 e. The van der Waals surface area contributed by atoms with Crippen LogP contribution in [0.3, 0.4) is 0 Å². The fraction of sp³-hybridized carbons (Fsp3) is 0.250. The van der Waals surface area contributed by atoms with Gasteiger partial charge in [-0.25, -0.2) is 9.07 Å². The van der Waals surface area contributed by atoms with E-state index in [9.17, 15) is 4.39 Å². The molecule has 0 amide bonds. The molecule has 0 aliphatic heterocycles. The van der Waals surface area contributed by atoms with Crippen molar-refractivity contribution in [3.05, 3.63) is 47.5 Å². The van der Waals surface area contributed by atoms with Gasteiger partial charge in [0.05, 0.1) is 11.4 Å². The molecule has 2 rings (SSSR count). The van der Waals surface area contributed by atoms with Gasteiger partial charge in [-0.2, -0.15) is 5.10 Å². The van der Waals surface area contributed by atoms with Crippen LogP contribution in [-0.2, 0) is 6.54 Å². The van der Waals surface area contributed by atoms with E-state index in [0.29, 0.717) is 0 Å². The largest absolute Gasteiger partial charge is 0.316 e. The second kappa shape index (κ2) is 4.45. The predicted molar refractivity (Wildman–Crippen MR) is 61.0 cm³/mol. The number of nitrogens with zero attached hydrogens (tertiary/aromatic N) is 2. The van der Waals surface area contributed by atoms with Crippen molar-refractivity contribution < 1.29 is 4.39 Å². The lowest BCUT2D eigenvalue weighted by Crippen LogP contribution is -2.05. The molecule has 1 N–H and O–H groups in total. The van der Waals surface area contributed by atoms with Crippen LogP contribution in [0.4, 0.5) is 4.39 Å². The number of benzene rings is 1. The van der Waals surface area contributed by atoms with Crippen LogP contribution >= 0.6 is 0 Å². The van der Waals surface area contributed by atoms with E-state index in [1.54, 1.807) is 16.8 Å². The third kappa shape index (κ3) is 2.12. The third-order valence-electron chi connectivity index (χ3n) is 2.46. The molecule has 0 fully saturated rings. The van der Waals surface area contributed by atoms with Crippen LogP contribution in [0.1, 0.15) is 11.3 Å². The Morgan fingerprint density at radius 1 is 1.31 bits per heavy atom. The van der Waals surface area contributed by atoms with Crippen LogP contribution in [0.5, 0.6) is 0 Å². The van der Waals surface area contributed by atoms with Gasteiger partial charge in [0.2, 0.25) is 0 Å². The second-order valence-corrected chi connectivity index (χ2v) is 3.69. The fourth-order valence-electron chi connectivity index (χ4n) is 1.59. The average Bonchev–Trinajstić information content (AvgIpc) is 2.62. The lowest BCUT2D eigenvalue weighted by molar-refractivity contribution is 0.627. The van der Waals surface area contributed by atoms with E-state index in [-0.39, 0.29) is 5.82 Å². The maximum atomic E-state index is 12.8. The Morgan fingerprint density at radius 2 is 2.00 bits per heavy atom. The summed E-state index contributed by atoms with van der Waals surface area (Å²) in [7, 11) is 1.90. The topological polar surface area (TPSA) is 29.9 Å². The molecule has 84 valence electrons. The Morgan fingerprint density at radius 3 is 2.62 bits per heavy atom. The van der Waals surface area contributed by atoms with Gasteiger partial charge in [0.15, 0.2) is 0 Å². The number of hydrogen-bond acceptors (Lipinski definition) is 2. The van der Waals surface area contributed by atoms with Crippen molar-refractivity contribution >= 4 is 0 Å². The van der Waals surface area contributed by atoms with Crippen LogP contribution in [0.15, 0.2) is 30.5 Å². The fourth-order valence-corrected chi connectivity index (χ4v) is 1.59. The van der Waals surface area contributed by atoms with E-state index in [1.165, 1.54) is 12.1 Å². The average molecular weight is 219 g/mol. The quantitative estimate of drug-likeness (QED) is 0.856. The maximum Gasteiger partial charge on any atom is 0.123 e. The zero-order chi connectivity index (χ0) is 11.5. The summed E-state index contributed by atoms with van der Waals surface area (Å²) < 4.78 is 14.5. The van der Waals surface area contributed by atoms with E-state index < -0.39 is 0 Å². The highest BCUT2D eigenvalue weighted by Crippen LogP contribution is 2.12. The summed E-state index contributed by atoms with van der Waals surface area (Å²) in [6.07, 6.45) is 1.96. The Bertz CT molecular complexity index is 474. The molecular formula is C12H14FN3. The molecule has 1 aromatic carbocycles. The van der Waals surface area contributed by atoms with Gasteiger partial charge in [0, 0.05) is 18.3 Å². The lowest BCUT2D eigenvalue weighted by Gasteiger charge is -1.99. The minimum absolute atomic E-state index is 0.233. The molecular weight excluding hydrogens is 205 g/mol. The summed E-state index contributed by atoms with van der Waals surface area (Å²) in [4.78, 5) is 0. The maximum absolute atomic E-state index is 12.8. The molecule has 0 aliphatic carbocycles. The van der Waals surface area contributed by atoms with Crippen LogP contribution in [0.2, 0.25) is 0 Å². The minimum atomic E-state index is -0.233. The molecule has 0 bridgehead atoms. The van der Waals surface area contributed by atoms with Gasteiger partial charge in [-0.15, -0.1) is 0 Å². The number of aromatic nitrogens is 2. The van der Waals surface area contributed by atoms with Gasteiger partial charge < -0.3 is 5.32 Å². The predicted octanol–water partition coefficient (Wildman–Crippen LogP) is 2.04. The van der Waals surface area contributed by atoms with E-state index in [2.05, 4.69) is 10.4 Å². The molecule has 0 saturated heterocycles. The standard InChI is InChI=1S/C12H14FN3/c1-9-10(7-14-2)8-16(15-9)12-5-3-11(13)4-6-12/h3-6,8,14H,7H2,1-2H3. The summed E-state index contributed by atoms with van der Waals surface area (Å²) >= 11 is 0. The van der Waals surface area contributed by atoms with Crippen LogP contribution < -0.4 is 5.32 Å².